The van der Waals surface area contributed by atoms with E-state index < -0.39 is 6.04 Å². The van der Waals surface area contributed by atoms with Gasteiger partial charge in [0, 0.05) is 12.3 Å². The van der Waals surface area contributed by atoms with E-state index in [1.807, 2.05) is 24.4 Å². The van der Waals surface area contributed by atoms with Crippen LogP contribution in [0.5, 0.6) is 5.75 Å². The first-order valence-corrected chi connectivity index (χ1v) is 7.99. The Labute approximate surface area is 138 Å². The number of hydrogen-bond donors (Lipinski definition) is 2. The summed E-state index contributed by atoms with van der Waals surface area (Å²) in [7, 11) is 1.59. The summed E-state index contributed by atoms with van der Waals surface area (Å²) in [5.74, 6) is 0.329. The number of rotatable bonds is 6. The van der Waals surface area contributed by atoms with Crippen LogP contribution in [0.25, 0.3) is 0 Å². The topological polar surface area (TPSA) is 80.3 Å². The number of nitrogens with zero attached hydrogens (tertiary/aromatic N) is 1. The molecule has 1 aromatic heterocycles. The largest absolute Gasteiger partial charge is 0.497 e. The molecule has 6 nitrogen and oxygen atoms in total. The zero-order valence-electron chi connectivity index (χ0n) is 13.3. The quantitative estimate of drug-likeness (QED) is 0.852. The molecule has 0 fully saturated rings. The number of nitrogens with one attached hydrogen (secondary N) is 2. The Bertz CT molecular complexity index is 682. The molecule has 1 atom stereocenters. The molecule has 0 unspecified atom stereocenters. The molecule has 0 spiro atoms. The van der Waals surface area contributed by atoms with E-state index in [4.69, 9.17) is 4.74 Å². The molecule has 2 N–H and O–H groups in total. The highest BCUT2D eigenvalue weighted by Gasteiger charge is 2.18. The Hall–Kier alpha value is -2.41. The number of methoxy groups -OCH3 is 1. The third-order valence-corrected chi connectivity index (χ3v) is 4.03. The van der Waals surface area contributed by atoms with Gasteiger partial charge in [0.05, 0.1) is 25.3 Å². The average Bonchev–Trinajstić information content (AvgIpc) is 2.91. The van der Waals surface area contributed by atoms with Crippen LogP contribution in [0.3, 0.4) is 0 Å². The summed E-state index contributed by atoms with van der Waals surface area (Å²) in [4.78, 5) is 27.8. The predicted molar refractivity (Wildman–Crippen MR) is 89.6 cm³/mol. The summed E-state index contributed by atoms with van der Waals surface area (Å²) in [6.07, 6.45) is 0.130. The predicted octanol–water partition coefficient (Wildman–Crippen LogP) is 2.67. The van der Waals surface area contributed by atoms with Gasteiger partial charge in [-0.05, 0) is 24.6 Å². The van der Waals surface area contributed by atoms with Crippen LogP contribution in [0.15, 0.2) is 29.6 Å². The van der Waals surface area contributed by atoms with Crippen LogP contribution in [0.4, 0.5) is 5.13 Å². The molecular weight excluding hydrogens is 314 g/mol. The minimum Gasteiger partial charge on any atom is -0.497 e. The Morgan fingerprint density at radius 3 is 2.52 bits per heavy atom. The van der Waals surface area contributed by atoms with Crippen molar-refractivity contribution in [3.63, 3.8) is 0 Å². The zero-order valence-corrected chi connectivity index (χ0v) is 14.1. The smallest absolute Gasteiger partial charge is 0.228 e. The van der Waals surface area contributed by atoms with Gasteiger partial charge in [0.1, 0.15) is 5.75 Å². The molecule has 0 radical (unpaired) electrons. The lowest BCUT2D eigenvalue weighted by Gasteiger charge is -2.18. The molecule has 122 valence electrons. The lowest BCUT2D eigenvalue weighted by atomic mass is 10.0. The maximum atomic E-state index is 12.2. The number of hydrogen-bond acceptors (Lipinski definition) is 5. The minimum absolute atomic E-state index is 0.130. The van der Waals surface area contributed by atoms with Crippen molar-refractivity contribution in [2.75, 3.05) is 12.4 Å². The Balaban J connectivity index is 2.07. The molecule has 7 heteroatoms. The van der Waals surface area contributed by atoms with Gasteiger partial charge in [-0.25, -0.2) is 4.98 Å². The van der Waals surface area contributed by atoms with Gasteiger partial charge in [-0.15, -0.1) is 11.3 Å². The maximum Gasteiger partial charge on any atom is 0.228 e. The van der Waals surface area contributed by atoms with E-state index in [1.54, 1.807) is 19.2 Å². The van der Waals surface area contributed by atoms with Gasteiger partial charge in [-0.2, -0.15) is 0 Å². The fourth-order valence-corrected chi connectivity index (χ4v) is 2.81. The Morgan fingerprint density at radius 1 is 1.30 bits per heavy atom. The second kappa shape index (κ2) is 7.73. The fourth-order valence-electron chi connectivity index (χ4n) is 2.10. The van der Waals surface area contributed by atoms with E-state index in [0.29, 0.717) is 5.13 Å². The highest BCUT2D eigenvalue weighted by Crippen LogP contribution is 2.22. The van der Waals surface area contributed by atoms with Crippen molar-refractivity contribution in [1.82, 2.24) is 10.3 Å². The van der Waals surface area contributed by atoms with Crippen LogP contribution in [-0.2, 0) is 9.59 Å². The number of ether oxygens (including phenoxy) is 1. The zero-order chi connectivity index (χ0) is 16.8. The van der Waals surface area contributed by atoms with Gasteiger partial charge in [0.2, 0.25) is 11.8 Å². The summed E-state index contributed by atoms with van der Waals surface area (Å²) in [6.45, 7) is 3.29. The van der Waals surface area contributed by atoms with E-state index in [-0.39, 0.29) is 18.2 Å². The first-order chi connectivity index (χ1) is 11.0. The highest BCUT2D eigenvalue weighted by molar-refractivity contribution is 7.13. The standard InChI is InChI=1S/C16H19N3O3S/c1-10-9-23-16(17-10)19-15(21)8-14(18-11(2)20)12-4-6-13(22-3)7-5-12/h4-7,9,14H,8H2,1-3H3,(H,18,20)(H,17,19,21)/t14-/m0/s1. The summed E-state index contributed by atoms with van der Waals surface area (Å²) in [6, 6.07) is 6.86. The Morgan fingerprint density at radius 2 is 2.00 bits per heavy atom. The van der Waals surface area contributed by atoms with Crippen molar-refractivity contribution in [2.45, 2.75) is 26.3 Å². The third-order valence-electron chi connectivity index (χ3n) is 3.15. The van der Waals surface area contributed by atoms with Crippen molar-refractivity contribution in [1.29, 1.82) is 0 Å². The lowest BCUT2D eigenvalue weighted by molar-refractivity contribution is -0.120. The molecule has 0 aliphatic rings. The number of carbonyl (C=O) groups excluding carboxylic acids is 2. The van der Waals surface area contributed by atoms with E-state index in [0.717, 1.165) is 17.0 Å². The van der Waals surface area contributed by atoms with Crippen LogP contribution >= 0.6 is 11.3 Å². The monoisotopic (exact) mass is 333 g/mol. The van der Waals surface area contributed by atoms with E-state index in [9.17, 15) is 9.59 Å². The highest BCUT2D eigenvalue weighted by atomic mass is 32.1. The van der Waals surface area contributed by atoms with Gasteiger partial charge in [0.15, 0.2) is 5.13 Å². The van der Waals surface area contributed by atoms with Crippen LogP contribution in [0.2, 0.25) is 0 Å². The summed E-state index contributed by atoms with van der Waals surface area (Å²) in [5, 5.41) is 7.97. The Kier molecular flexibility index (Phi) is 5.70. The summed E-state index contributed by atoms with van der Waals surface area (Å²) in [5.41, 5.74) is 1.70. The molecular formula is C16H19N3O3S. The van der Waals surface area contributed by atoms with Crippen molar-refractivity contribution in [3.05, 3.63) is 40.9 Å². The number of anilines is 1. The van der Waals surface area contributed by atoms with Crippen LogP contribution < -0.4 is 15.4 Å². The van der Waals surface area contributed by atoms with Gasteiger partial charge < -0.3 is 15.4 Å². The number of benzene rings is 1. The third kappa shape index (κ3) is 5.07. The van der Waals surface area contributed by atoms with E-state index in [1.165, 1.54) is 18.3 Å². The maximum absolute atomic E-state index is 12.2. The molecule has 2 aromatic rings. The summed E-state index contributed by atoms with van der Waals surface area (Å²) >= 11 is 1.37. The molecule has 1 heterocycles. The van der Waals surface area contributed by atoms with Crippen LogP contribution in [0, 0.1) is 6.92 Å². The van der Waals surface area contributed by atoms with Crippen molar-refractivity contribution < 1.29 is 14.3 Å². The molecule has 1 aromatic carbocycles. The SMILES string of the molecule is COc1ccc([C@H](CC(=O)Nc2nc(C)cs2)NC(C)=O)cc1. The molecule has 2 amide bonds. The normalized spacial score (nSPS) is 11.6. The second-order valence-electron chi connectivity index (χ2n) is 5.07. The number of carbonyl (C=O) groups is 2. The molecule has 0 bridgehead atoms. The van der Waals surface area contributed by atoms with Gasteiger partial charge in [-0.1, -0.05) is 12.1 Å². The van der Waals surface area contributed by atoms with Crippen LogP contribution in [0.1, 0.15) is 30.6 Å². The first-order valence-electron chi connectivity index (χ1n) is 7.11. The number of thiazole rings is 1. The van der Waals surface area contributed by atoms with Crippen molar-refractivity contribution in [2.24, 2.45) is 0 Å². The van der Waals surface area contributed by atoms with Gasteiger partial charge in [0.25, 0.3) is 0 Å². The minimum atomic E-state index is -0.403. The van der Waals surface area contributed by atoms with E-state index >= 15 is 0 Å². The fraction of sp³-hybridized carbons (Fsp3) is 0.312. The average molecular weight is 333 g/mol. The first kappa shape index (κ1) is 17.0. The molecule has 0 aliphatic heterocycles. The molecule has 0 saturated carbocycles. The van der Waals surface area contributed by atoms with Crippen molar-refractivity contribution >= 4 is 28.3 Å². The molecule has 0 saturated heterocycles. The van der Waals surface area contributed by atoms with Gasteiger partial charge in [-0.3, -0.25) is 9.59 Å². The van der Waals surface area contributed by atoms with E-state index in [2.05, 4.69) is 15.6 Å². The lowest BCUT2D eigenvalue weighted by Crippen LogP contribution is -2.29. The molecule has 23 heavy (non-hydrogen) atoms. The summed E-state index contributed by atoms with van der Waals surface area (Å²) < 4.78 is 5.12. The molecule has 2 rings (SSSR count). The van der Waals surface area contributed by atoms with Crippen molar-refractivity contribution in [3.8, 4) is 5.75 Å². The van der Waals surface area contributed by atoms with Gasteiger partial charge >= 0.3 is 0 Å². The van der Waals surface area contributed by atoms with Crippen LogP contribution in [-0.4, -0.2) is 23.9 Å². The second-order valence-corrected chi connectivity index (χ2v) is 5.93. The molecule has 0 aliphatic carbocycles. The number of amides is 2. The number of aromatic nitrogens is 1. The number of aryl methyl sites for hydroxylation is 1.